The van der Waals surface area contributed by atoms with Crippen molar-refractivity contribution in [3.05, 3.63) is 135 Å². The summed E-state index contributed by atoms with van der Waals surface area (Å²) < 4.78 is 7.89. The molecule has 5 aromatic carbocycles. The van der Waals surface area contributed by atoms with E-state index in [2.05, 4.69) is 199 Å². The molecule has 6 aromatic rings. The Balaban J connectivity index is 1.19. The second-order valence-electron chi connectivity index (χ2n) is 30.2. The Hall–Kier alpha value is -4.96. The van der Waals surface area contributed by atoms with Gasteiger partial charge in [0.25, 0.3) is 6.71 Å². The van der Waals surface area contributed by atoms with Crippen molar-refractivity contribution >= 4 is 57.4 Å². The Bertz CT molecular complexity index is 3380. The van der Waals surface area contributed by atoms with Crippen LogP contribution < -0.4 is 26.2 Å². The maximum atomic E-state index is 7.89. The van der Waals surface area contributed by atoms with E-state index in [0.29, 0.717) is 0 Å². The summed E-state index contributed by atoms with van der Waals surface area (Å²) in [5.41, 5.74) is 27.0. The van der Waals surface area contributed by atoms with E-state index in [1.807, 2.05) is 0 Å². The molecule has 0 atom stereocenters. The van der Waals surface area contributed by atoms with Crippen molar-refractivity contribution in [1.29, 1.82) is 0 Å². The molecule has 5 aliphatic carbocycles. The Morgan fingerprint density at radius 2 is 0.838 bits per heavy atom. The predicted molar refractivity (Wildman–Crippen MR) is 316 cm³/mol. The highest BCUT2D eigenvalue weighted by atomic mass is 16.4. The molecule has 0 saturated heterocycles. The summed E-state index contributed by atoms with van der Waals surface area (Å²) in [5, 5.41) is 0. The number of fused-ring (bicyclic) bond motifs is 10. The van der Waals surface area contributed by atoms with Crippen molar-refractivity contribution in [1.82, 2.24) is 0 Å². The van der Waals surface area contributed by atoms with E-state index in [0.717, 1.165) is 25.1 Å². The predicted octanol–water partition coefficient (Wildman–Crippen LogP) is 17.3. The highest BCUT2D eigenvalue weighted by molar-refractivity contribution is 7.00. The highest BCUT2D eigenvalue weighted by Crippen LogP contribution is 2.57. The zero-order chi connectivity index (χ0) is 52.2. The molecular formula is C70H85BN2O. The van der Waals surface area contributed by atoms with Gasteiger partial charge in [-0.25, -0.2) is 0 Å². The van der Waals surface area contributed by atoms with Crippen LogP contribution in [-0.4, -0.2) is 6.71 Å². The fourth-order valence-corrected chi connectivity index (χ4v) is 16.0. The van der Waals surface area contributed by atoms with Crippen LogP contribution in [0.1, 0.15) is 231 Å². The molecule has 0 saturated carbocycles. The third-order valence-electron chi connectivity index (χ3n) is 21.4. The summed E-state index contributed by atoms with van der Waals surface area (Å²) in [4.78, 5) is 5.41. The second kappa shape index (κ2) is 15.4. The van der Waals surface area contributed by atoms with Crippen molar-refractivity contribution in [2.24, 2.45) is 0 Å². The summed E-state index contributed by atoms with van der Waals surface area (Å²) >= 11 is 0. The summed E-state index contributed by atoms with van der Waals surface area (Å²) in [5.74, 6) is 2.22. The van der Waals surface area contributed by atoms with Crippen LogP contribution in [0.5, 0.6) is 0 Å². The summed E-state index contributed by atoms with van der Waals surface area (Å²) in [6.45, 7) is 39.8. The zero-order valence-electron chi connectivity index (χ0n) is 48.4. The average molecular weight is 981 g/mol. The minimum atomic E-state index is -0.117. The van der Waals surface area contributed by atoms with E-state index in [-0.39, 0.29) is 50.0 Å². The third kappa shape index (κ3) is 6.96. The molecule has 0 spiro atoms. The van der Waals surface area contributed by atoms with Crippen LogP contribution in [0.15, 0.2) is 83.3 Å². The molecule has 7 aliphatic rings. The Morgan fingerprint density at radius 3 is 1.41 bits per heavy atom. The lowest BCUT2D eigenvalue weighted by Crippen LogP contribution is -2.63. The van der Waals surface area contributed by atoms with Crippen molar-refractivity contribution < 1.29 is 4.42 Å². The fourth-order valence-electron chi connectivity index (χ4n) is 16.0. The molecule has 0 fully saturated rings. The zero-order valence-corrected chi connectivity index (χ0v) is 48.4. The van der Waals surface area contributed by atoms with Crippen LogP contribution >= 0.6 is 0 Å². The van der Waals surface area contributed by atoms with Gasteiger partial charge in [-0.15, -0.1) is 0 Å². The van der Waals surface area contributed by atoms with Crippen LogP contribution in [0.2, 0.25) is 0 Å². The number of anilines is 6. The van der Waals surface area contributed by atoms with Gasteiger partial charge in [0.2, 0.25) is 0 Å². The first-order chi connectivity index (χ1) is 34.6. The lowest BCUT2D eigenvalue weighted by Gasteiger charge is -2.48. The fraction of sp³-hybridized carbons (Fsp3) is 0.514. The smallest absolute Gasteiger partial charge is 0.256 e. The number of benzene rings is 5. The van der Waals surface area contributed by atoms with Gasteiger partial charge in [0.1, 0.15) is 5.76 Å². The van der Waals surface area contributed by atoms with E-state index >= 15 is 0 Å². The van der Waals surface area contributed by atoms with Crippen molar-refractivity contribution in [3.8, 4) is 11.1 Å². The van der Waals surface area contributed by atoms with E-state index in [1.165, 1.54) is 170 Å². The molecule has 3 heterocycles. The molecule has 0 amide bonds. The second-order valence-corrected chi connectivity index (χ2v) is 30.2. The molecule has 0 unspecified atom stereocenters. The molecule has 74 heavy (non-hydrogen) atoms. The summed E-state index contributed by atoms with van der Waals surface area (Å²) in [6, 6.07) is 33.4. The van der Waals surface area contributed by atoms with Crippen LogP contribution in [0.3, 0.4) is 0 Å². The van der Waals surface area contributed by atoms with Crippen LogP contribution in [0.25, 0.3) is 11.1 Å². The number of aryl methyl sites for hydroxylation is 2. The lowest BCUT2D eigenvalue weighted by atomic mass is 9.32. The van der Waals surface area contributed by atoms with Gasteiger partial charge in [-0.1, -0.05) is 147 Å². The first-order valence-corrected chi connectivity index (χ1v) is 29.2. The number of nitrogens with zero attached hydrogens (tertiary/aromatic N) is 2. The topological polar surface area (TPSA) is 19.6 Å². The molecule has 0 bridgehead atoms. The van der Waals surface area contributed by atoms with Gasteiger partial charge in [0.05, 0.1) is 0 Å². The van der Waals surface area contributed by atoms with Gasteiger partial charge in [-0.3, -0.25) is 4.90 Å². The number of furan rings is 1. The Labute approximate surface area is 446 Å². The molecule has 3 nitrogen and oxygen atoms in total. The first kappa shape index (κ1) is 48.7. The van der Waals surface area contributed by atoms with Crippen LogP contribution in [-0.2, 0) is 56.2 Å². The van der Waals surface area contributed by atoms with Gasteiger partial charge < -0.3 is 9.32 Å². The van der Waals surface area contributed by atoms with E-state index in [1.54, 1.807) is 0 Å². The maximum absolute atomic E-state index is 7.89. The van der Waals surface area contributed by atoms with E-state index < -0.39 is 0 Å². The number of rotatable bonds is 3. The van der Waals surface area contributed by atoms with Gasteiger partial charge in [-0.05, 0) is 235 Å². The molecule has 384 valence electrons. The van der Waals surface area contributed by atoms with Gasteiger partial charge >= 0.3 is 0 Å². The quantitative estimate of drug-likeness (QED) is 0.165. The van der Waals surface area contributed by atoms with Crippen LogP contribution in [0.4, 0.5) is 34.3 Å². The largest absolute Gasteiger partial charge is 0.444 e. The molecule has 0 N–H and O–H groups in total. The van der Waals surface area contributed by atoms with Crippen LogP contribution in [0, 0.1) is 0 Å². The lowest BCUT2D eigenvalue weighted by molar-refractivity contribution is 0.280. The summed E-state index contributed by atoms with van der Waals surface area (Å²) in [6.07, 6.45) is 14.2. The van der Waals surface area contributed by atoms with Gasteiger partial charge in [0.15, 0.2) is 5.88 Å². The van der Waals surface area contributed by atoms with Crippen molar-refractivity contribution in [2.45, 2.75) is 231 Å². The maximum Gasteiger partial charge on any atom is 0.256 e. The minimum absolute atomic E-state index is 0.0251. The first-order valence-electron chi connectivity index (χ1n) is 29.2. The monoisotopic (exact) mass is 981 g/mol. The number of hydrogen-bond acceptors (Lipinski definition) is 3. The van der Waals surface area contributed by atoms with Gasteiger partial charge in [0, 0.05) is 33.9 Å². The molecular weight excluding hydrogens is 896 g/mol. The van der Waals surface area contributed by atoms with E-state index in [4.69, 9.17) is 4.42 Å². The third-order valence-corrected chi connectivity index (χ3v) is 21.4. The molecule has 2 aliphatic heterocycles. The molecule has 1 aromatic heterocycles. The van der Waals surface area contributed by atoms with Crippen molar-refractivity contribution in [2.75, 3.05) is 9.80 Å². The van der Waals surface area contributed by atoms with E-state index in [9.17, 15) is 0 Å². The van der Waals surface area contributed by atoms with Gasteiger partial charge in [-0.2, -0.15) is 0 Å². The number of hydrogen-bond donors (Lipinski definition) is 0. The molecule has 4 heteroatoms. The normalized spacial score (nSPS) is 23.0. The van der Waals surface area contributed by atoms with Crippen molar-refractivity contribution in [3.63, 3.8) is 0 Å². The molecule has 13 rings (SSSR count). The highest BCUT2D eigenvalue weighted by Gasteiger charge is 2.54. The Kier molecular flexibility index (Phi) is 10.1. The SMILES string of the molecule is CC1(C)CCC(C)(C)c2cc(N3c4cc5c(cc4B4c6c3cc(-c3ccc7c(c3)CCCC7)cc6N(c3ccc6c(c3)C(C)(C)CCC6(C)C)c3oc6c(c34)C(C)(C)CCC6(C)C)C(C)(C)CCC5(C)C)ccc21. The standard InChI is InChI=1S/C70H85BN2O/c1-63(2)27-29-65(5,6)50-38-46(23-25-48(50)63)72-55-41-53-52(67(9,10)31-32-68(53,11)12)40-54(55)71-59-56(72)36-45(44-22-21-42-19-17-18-20-43(42)35-44)37-57(59)73(47-24-26-49-51(39-47)66(7,8)30-28-64(49,3)4)62-60(71)58-61(74-62)70(15,16)34-33-69(58,13)14/h21-26,35-41H,17-20,27-34H2,1-16H3. The Morgan fingerprint density at radius 1 is 0.378 bits per heavy atom. The molecule has 0 radical (unpaired) electrons. The summed E-state index contributed by atoms with van der Waals surface area (Å²) in [7, 11) is 0. The average Bonchev–Trinajstić information content (AvgIpc) is 3.79. The minimum Gasteiger partial charge on any atom is -0.444 e.